The first kappa shape index (κ1) is 6.93. The van der Waals surface area contributed by atoms with Crippen LogP contribution < -0.4 is 5.32 Å². The van der Waals surface area contributed by atoms with E-state index in [-0.39, 0.29) is 0 Å². The van der Waals surface area contributed by atoms with Crippen molar-refractivity contribution < 1.29 is 0 Å². The highest BCUT2D eigenvalue weighted by atomic mass is 35.5. The van der Waals surface area contributed by atoms with Crippen molar-refractivity contribution in [2.75, 3.05) is 0 Å². The second kappa shape index (κ2) is 2.24. The van der Waals surface area contributed by atoms with Crippen LogP contribution in [0.2, 0.25) is 5.02 Å². The average molecular weight is 180 g/mol. The summed E-state index contributed by atoms with van der Waals surface area (Å²) in [5.41, 5.74) is 2.90. The van der Waals surface area contributed by atoms with Gasteiger partial charge in [-0.3, -0.25) is 0 Å². The summed E-state index contributed by atoms with van der Waals surface area (Å²) in [4.78, 5) is 0. The maximum atomic E-state index is 5.93. The third-order valence-electron chi connectivity index (χ3n) is 2.95. The maximum Gasteiger partial charge on any atom is 0.0409 e. The highest BCUT2D eigenvalue weighted by Gasteiger charge is 2.35. The summed E-state index contributed by atoms with van der Waals surface area (Å²) in [6.07, 6.45) is 2.57. The summed E-state index contributed by atoms with van der Waals surface area (Å²) in [5.74, 6) is 0. The Labute approximate surface area is 76.7 Å². The molecule has 2 atom stereocenters. The topological polar surface area (TPSA) is 12.0 Å². The van der Waals surface area contributed by atoms with Crippen LogP contribution >= 0.6 is 11.6 Å². The minimum absolute atomic E-state index is 0.587. The predicted octanol–water partition coefficient (Wildman–Crippen LogP) is 2.82. The van der Waals surface area contributed by atoms with Crippen molar-refractivity contribution >= 4 is 11.6 Å². The number of benzene rings is 1. The van der Waals surface area contributed by atoms with E-state index in [1.54, 1.807) is 0 Å². The molecule has 1 nitrogen and oxygen atoms in total. The molecule has 0 aliphatic carbocycles. The van der Waals surface area contributed by atoms with Gasteiger partial charge in [-0.15, -0.1) is 0 Å². The Morgan fingerprint density at radius 3 is 2.75 bits per heavy atom. The summed E-state index contributed by atoms with van der Waals surface area (Å²) in [7, 11) is 0. The van der Waals surface area contributed by atoms with Gasteiger partial charge in [0.15, 0.2) is 0 Å². The molecule has 0 aromatic heterocycles. The predicted molar refractivity (Wildman–Crippen MR) is 49.3 cm³/mol. The van der Waals surface area contributed by atoms with Crippen LogP contribution in [0.4, 0.5) is 0 Å². The van der Waals surface area contributed by atoms with E-state index in [9.17, 15) is 0 Å². The Morgan fingerprint density at radius 2 is 1.92 bits per heavy atom. The van der Waals surface area contributed by atoms with Gasteiger partial charge in [0.05, 0.1) is 0 Å². The molecule has 2 heterocycles. The van der Waals surface area contributed by atoms with Gasteiger partial charge in [0, 0.05) is 17.1 Å². The second-order valence-corrected chi connectivity index (χ2v) is 4.06. The van der Waals surface area contributed by atoms with Crippen LogP contribution in [0, 0.1) is 0 Å². The first-order valence-corrected chi connectivity index (χ1v) is 4.78. The van der Waals surface area contributed by atoms with E-state index >= 15 is 0 Å². The number of halogens is 1. The van der Waals surface area contributed by atoms with Crippen LogP contribution in [0.3, 0.4) is 0 Å². The largest absolute Gasteiger partial charge is 0.303 e. The average Bonchev–Trinajstić information content (AvgIpc) is 2.63. The normalized spacial score (nSPS) is 30.8. The molecule has 1 aromatic carbocycles. The Balaban J connectivity index is 2.20. The molecule has 0 spiro atoms. The van der Waals surface area contributed by atoms with E-state index in [4.69, 9.17) is 11.6 Å². The molecule has 1 fully saturated rings. The van der Waals surface area contributed by atoms with Gasteiger partial charge in [0.2, 0.25) is 0 Å². The molecular weight excluding hydrogens is 170 g/mol. The zero-order chi connectivity index (χ0) is 8.13. The Hall–Kier alpha value is -0.530. The summed E-state index contributed by atoms with van der Waals surface area (Å²) in [5, 5.41) is 4.43. The van der Waals surface area contributed by atoms with Gasteiger partial charge in [-0.2, -0.15) is 0 Å². The van der Waals surface area contributed by atoms with E-state index in [0.717, 1.165) is 5.02 Å². The molecule has 0 amide bonds. The van der Waals surface area contributed by atoms with Crippen molar-refractivity contribution in [3.63, 3.8) is 0 Å². The third-order valence-corrected chi connectivity index (χ3v) is 3.18. The highest BCUT2D eigenvalue weighted by Crippen LogP contribution is 2.45. The molecule has 2 aliphatic rings. The zero-order valence-corrected chi connectivity index (χ0v) is 7.43. The molecule has 2 bridgehead atoms. The number of hydrogen-bond acceptors (Lipinski definition) is 1. The second-order valence-electron chi connectivity index (χ2n) is 3.62. The van der Waals surface area contributed by atoms with Gasteiger partial charge < -0.3 is 5.32 Å². The summed E-state index contributed by atoms with van der Waals surface area (Å²) in [6, 6.07) is 7.45. The van der Waals surface area contributed by atoms with Crippen LogP contribution in [-0.4, -0.2) is 0 Å². The van der Waals surface area contributed by atoms with Crippen molar-refractivity contribution in [1.82, 2.24) is 5.32 Å². The van der Waals surface area contributed by atoms with Gasteiger partial charge in [-0.25, -0.2) is 0 Å². The van der Waals surface area contributed by atoms with Gasteiger partial charge >= 0.3 is 0 Å². The van der Waals surface area contributed by atoms with E-state index in [1.165, 1.54) is 24.0 Å². The molecule has 2 heteroatoms. The van der Waals surface area contributed by atoms with Crippen molar-refractivity contribution in [1.29, 1.82) is 0 Å². The molecule has 1 aromatic rings. The first-order chi connectivity index (χ1) is 5.84. The van der Waals surface area contributed by atoms with Gasteiger partial charge in [-0.05, 0) is 36.1 Å². The van der Waals surface area contributed by atoms with Crippen LogP contribution in [0.1, 0.15) is 36.1 Å². The fourth-order valence-corrected chi connectivity index (χ4v) is 2.58. The lowest BCUT2D eigenvalue weighted by atomic mass is 9.92. The number of rotatable bonds is 0. The minimum atomic E-state index is 0.587. The molecule has 1 N–H and O–H groups in total. The third kappa shape index (κ3) is 0.782. The Kier molecular flexibility index (Phi) is 1.29. The lowest BCUT2D eigenvalue weighted by Crippen LogP contribution is -2.05. The quantitative estimate of drug-likeness (QED) is 0.646. The first-order valence-electron chi connectivity index (χ1n) is 4.40. The van der Waals surface area contributed by atoms with E-state index in [2.05, 4.69) is 17.4 Å². The number of hydrogen-bond donors (Lipinski definition) is 1. The lowest BCUT2D eigenvalue weighted by Gasteiger charge is -2.12. The van der Waals surface area contributed by atoms with E-state index in [1.807, 2.05) is 6.07 Å². The van der Waals surface area contributed by atoms with Gasteiger partial charge in [0.25, 0.3) is 0 Å². The monoisotopic (exact) mass is 179 g/mol. The minimum Gasteiger partial charge on any atom is -0.303 e. The standard InChI is InChI=1S/C10H10ClN/c11-6-1-2-7-8(5-6)10-4-3-9(7)12-10/h1-2,5,9-10,12H,3-4H2. The molecule has 62 valence electrons. The van der Waals surface area contributed by atoms with Crippen LogP contribution in [0.15, 0.2) is 18.2 Å². The smallest absolute Gasteiger partial charge is 0.0409 e. The van der Waals surface area contributed by atoms with Crippen LogP contribution in [0.25, 0.3) is 0 Å². The highest BCUT2D eigenvalue weighted by molar-refractivity contribution is 6.30. The van der Waals surface area contributed by atoms with E-state index in [0.29, 0.717) is 12.1 Å². The zero-order valence-electron chi connectivity index (χ0n) is 6.68. The van der Waals surface area contributed by atoms with Crippen molar-refractivity contribution in [2.24, 2.45) is 0 Å². The maximum absolute atomic E-state index is 5.93. The van der Waals surface area contributed by atoms with Crippen LogP contribution in [-0.2, 0) is 0 Å². The van der Waals surface area contributed by atoms with Crippen molar-refractivity contribution in [3.8, 4) is 0 Å². The lowest BCUT2D eigenvalue weighted by molar-refractivity contribution is 0.639. The number of fused-ring (bicyclic) bond motifs is 5. The Morgan fingerprint density at radius 1 is 1.17 bits per heavy atom. The van der Waals surface area contributed by atoms with Gasteiger partial charge in [0.1, 0.15) is 0 Å². The summed E-state index contributed by atoms with van der Waals surface area (Å²) in [6.45, 7) is 0. The molecule has 12 heavy (non-hydrogen) atoms. The molecule has 2 unspecified atom stereocenters. The molecule has 3 rings (SSSR count). The molecule has 2 aliphatic heterocycles. The SMILES string of the molecule is Clc1ccc2c(c1)C1CCC2N1. The fourth-order valence-electron chi connectivity index (χ4n) is 2.40. The van der Waals surface area contributed by atoms with E-state index < -0.39 is 0 Å². The summed E-state index contributed by atoms with van der Waals surface area (Å²) < 4.78 is 0. The van der Waals surface area contributed by atoms with Crippen molar-refractivity contribution in [2.45, 2.75) is 24.9 Å². The van der Waals surface area contributed by atoms with Crippen molar-refractivity contribution in [3.05, 3.63) is 34.3 Å². The number of nitrogens with one attached hydrogen (secondary N) is 1. The molecular formula is C10H10ClN. The van der Waals surface area contributed by atoms with Crippen LogP contribution in [0.5, 0.6) is 0 Å². The molecule has 1 saturated heterocycles. The summed E-state index contributed by atoms with van der Waals surface area (Å²) >= 11 is 5.93. The molecule has 0 radical (unpaired) electrons. The Bertz CT molecular complexity index is 335. The van der Waals surface area contributed by atoms with Gasteiger partial charge in [-0.1, -0.05) is 17.7 Å². The fraction of sp³-hybridized carbons (Fsp3) is 0.400. The molecule has 0 saturated carbocycles.